The zero-order valence-corrected chi connectivity index (χ0v) is 16.6. The number of H-pyrrole nitrogens is 1. The maximum Gasteiger partial charge on any atom is 0.306 e. The van der Waals surface area contributed by atoms with Crippen LogP contribution in [0, 0.1) is 6.92 Å². The summed E-state index contributed by atoms with van der Waals surface area (Å²) in [7, 11) is 0. The molecule has 2 aromatic rings. The number of rotatable bonds is 5. The first-order valence-electron chi connectivity index (χ1n) is 8.36. The van der Waals surface area contributed by atoms with Crippen molar-refractivity contribution < 1.29 is 14.6 Å². The molecule has 2 N–H and O–H groups in total. The highest BCUT2D eigenvalue weighted by molar-refractivity contribution is 9.10. The maximum atomic E-state index is 11.6. The van der Waals surface area contributed by atoms with Crippen LogP contribution in [0.15, 0.2) is 22.7 Å². The number of ether oxygens (including phenoxy) is 1. The molecule has 0 saturated carbocycles. The van der Waals surface area contributed by atoms with Crippen LogP contribution in [0.25, 0.3) is 10.9 Å². The van der Waals surface area contributed by atoms with E-state index in [9.17, 15) is 9.90 Å². The fourth-order valence-corrected chi connectivity index (χ4v) is 4.55. The number of aliphatic carboxylic acids is 1. The number of hydrogen-bond donors (Lipinski definition) is 2. The summed E-state index contributed by atoms with van der Waals surface area (Å²) in [5, 5.41) is 11.2. The van der Waals surface area contributed by atoms with Crippen molar-refractivity contribution in [3.05, 3.63) is 44.5 Å². The topological polar surface area (TPSA) is 62.3 Å². The molecule has 3 rings (SSSR count). The Hall–Kier alpha value is -1.30. The summed E-state index contributed by atoms with van der Waals surface area (Å²) in [5.41, 5.74) is 3.02. The summed E-state index contributed by atoms with van der Waals surface area (Å²) >= 11 is 10.1. The molecule has 4 nitrogen and oxygen atoms in total. The van der Waals surface area contributed by atoms with Crippen LogP contribution in [0.4, 0.5) is 0 Å². The van der Waals surface area contributed by atoms with Gasteiger partial charge in [-0.15, -0.1) is 0 Å². The summed E-state index contributed by atoms with van der Waals surface area (Å²) in [5.74, 6) is -0.867. The molecule has 25 heavy (non-hydrogen) atoms. The molecule has 0 fully saturated rings. The Bertz CT molecular complexity index is 858. The number of benzene rings is 1. The molecule has 2 heterocycles. The lowest BCUT2D eigenvalue weighted by molar-refractivity contribution is -0.149. The summed E-state index contributed by atoms with van der Waals surface area (Å²) < 4.78 is 7.09. The Morgan fingerprint density at radius 3 is 3.00 bits per heavy atom. The Morgan fingerprint density at radius 1 is 1.56 bits per heavy atom. The van der Waals surface area contributed by atoms with Gasteiger partial charge in [-0.2, -0.15) is 0 Å². The number of halogens is 2. The molecule has 1 atom stereocenters. The predicted molar refractivity (Wildman–Crippen MR) is 103 cm³/mol. The number of aromatic amines is 1. The number of nitrogens with one attached hydrogen (secondary N) is 1. The van der Waals surface area contributed by atoms with Crippen molar-refractivity contribution in [2.45, 2.75) is 45.1 Å². The molecule has 1 unspecified atom stereocenters. The minimum absolute atomic E-state index is 0.0708. The zero-order chi connectivity index (χ0) is 18.2. The van der Waals surface area contributed by atoms with Gasteiger partial charge in [0.05, 0.1) is 29.3 Å². The van der Waals surface area contributed by atoms with Crippen LogP contribution < -0.4 is 0 Å². The highest BCUT2D eigenvalue weighted by Gasteiger charge is 2.42. The van der Waals surface area contributed by atoms with Crippen LogP contribution in [-0.2, 0) is 21.6 Å². The zero-order valence-electron chi connectivity index (χ0n) is 14.3. The number of fused-ring (bicyclic) bond motifs is 3. The molecular formula is C19H21BrClNO3. The van der Waals surface area contributed by atoms with E-state index in [1.165, 1.54) is 0 Å². The first-order chi connectivity index (χ1) is 11.9. The second-order valence-corrected chi connectivity index (χ2v) is 7.69. The van der Waals surface area contributed by atoms with Crippen LogP contribution in [0.2, 0.25) is 5.02 Å². The summed E-state index contributed by atoms with van der Waals surface area (Å²) in [4.78, 5) is 15.0. The molecule has 1 aliphatic heterocycles. The fourth-order valence-electron chi connectivity index (χ4n) is 3.69. The van der Waals surface area contributed by atoms with Gasteiger partial charge in [0.15, 0.2) is 0 Å². The van der Waals surface area contributed by atoms with Gasteiger partial charge in [-0.05, 0) is 66.2 Å². The monoisotopic (exact) mass is 425 g/mol. The third-order valence-corrected chi connectivity index (χ3v) is 6.14. The number of allylic oxidation sites excluding steroid dienone is 2. The average Bonchev–Trinajstić information content (AvgIpc) is 2.94. The number of carboxylic acid groups (broad SMARTS) is 1. The molecule has 0 bridgehead atoms. The van der Waals surface area contributed by atoms with Crippen molar-refractivity contribution in [2.75, 3.05) is 6.61 Å². The Balaban J connectivity index is 2.22. The lowest BCUT2D eigenvalue weighted by atomic mass is 9.84. The van der Waals surface area contributed by atoms with Gasteiger partial charge in [-0.1, -0.05) is 23.8 Å². The van der Waals surface area contributed by atoms with E-state index >= 15 is 0 Å². The molecule has 1 aromatic heterocycles. The lowest BCUT2D eigenvalue weighted by Gasteiger charge is -2.36. The van der Waals surface area contributed by atoms with Crippen LogP contribution in [0.3, 0.4) is 0 Å². The summed E-state index contributed by atoms with van der Waals surface area (Å²) in [6.07, 6.45) is 6.04. The fraction of sp³-hybridized carbons (Fsp3) is 0.421. The molecule has 0 radical (unpaired) electrons. The largest absolute Gasteiger partial charge is 0.481 e. The number of carbonyl (C=O) groups is 1. The molecule has 0 spiro atoms. The molecule has 1 aliphatic rings. The van der Waals surface area contributed by atoms with Crippen molar-refractivity contribution in [1.82, 2.24) is 4.98 Å². The molecule has 134 valence electrons. The molecule has 0 saturated heterocycles. The minimum atomic E-state index is -0.867. The van der Waals surface area contributed by atoms with Gasteiger partial charge in [0, 0.05) is 9.86 Å². The molecule has 1 aromatic carbocycles. The average molecular weight is 427 g/mol. The highest BCUT2D eigenvalue weighted by atomic mass is 79.9. The van der Waals surface area contributed by atoms with E-state index in [1.54, 1.807) is 0 Å². The minimum Gasteiger partial charge on any atom is -0.481 e. The van der Waals surface area contributed by atoms with Crippen molar-refractivity contribution in [1.29, 1.82) is 0 Å². The first kappa shape index (κ1) is 18.5. The van der Waals surface area contributed by atoms with E-state index in [4.69, 9.17) is 16.3 Å². The van der Waals surface area contributed by atoms with Crippen molar-refractivity contribution in [3.8, 4) is 0 Å². The normalized spacial score (nSPS) is 20.3. The second-order valence-electron chi connectivity index (χ2n) is 6.49. The second kappa shape index (κ2) is 7.14. The number of aromatic nitrogens is 1. The van der Waals surface area contributed by atoms with Gasteiger partial charge in [0.1, 0.15) is 5.60 Å². The summed E-state index contributed by atoms with van der Waals surface area (Å²) in [6, 6.07) is 1.91. The maximum absolute atomic E-state index is 11.6. The SMILES string of the molecule is CC=CCCC1(CC(=O)O)OCCc2c1[nH]c1c(Cl)cc(C)c(Br)c21. The van der Waals surface area contributed by atoms with Gasteiger partial charge < -0.3 is 14.8 Å². The Morgan fingerprint density at radius 2 is 2.32 bits per heavy atom. The van der Waals surface area contributed by atoms with E-state index in [-0.39, 0.29) is 6.42 Å². The summed E-state index contributed by atoms with van der Waals surface area (Å²) in [6.45, 7) is 4.46. The number of carboxylic acids is 1. The van der Waals surface area contributed by atoms with Crippen LogP contribution in [-0.4, -0.2) is 22.7 Å². The van der Waals surface area contributed by atoms with E-state index in [0.717, 1.165) is 45.0 Å². The van der Waals surface area contributed by atoms with E-state index in [0.29, 0.717) is 18.1 Å². The van der Waals surface area contributed by atoms with Crippen molar-refractivity contribution >= 4 is 44.4 Å². The van der Waals surface area contributed by atoms with Crippen LogP contribution in [0.5, 0.6) is 0 Å². The van der Waals surface area contributed by atoms with Gasteiger partial charge in [-0.3, -0.25) is 4.79 Å². The smallest absolute Gasteiger partial charge is 0.306 e. The van der Waals surface area contributed by atoms with Crippen LogP contribution in [0.1, 0.15) is 43.0 Å². The van der Waals surface area contributed by atoms with Gasteiger partial charge in [0.25, 0.3) is 0 Å². The predicted octanol–water partition coefficient (Wildman–Crippen LogP) is 5.49. The molecule has 6 heteroatoms. The quantitative estimate of drug-likeness (QED) is 0.621. The van der Waals surface area contributed by atoms with E-state index < -0.39 is 11.6 Å². The van der Waals surface area contributed by atoms with Gasteiger partial charge in [-0.25, -0.2) is 0 Å². The van der Waals surface area contributed by atoms with E-state index in [1.807, 2.05) is 32.1 Å². The standard InChI is InChI=1S/C19H21BrClNO3/c1-3-4-5-7-19(10-14(23)24)18-12(6-8-25-19)15-16(20)11(2)9-13(21)17(15)22-18/h3-4,9,22H,5-8,10H2,1-2H3,(H,23,24). The Kier molecular flexibility index (Phi) is 5.28. The van der Waals surface area contributed by atoms with Crippen molar-refractivity contribution in [3.63, 3.8) is 0 Å². The van der Waals surface area contributed by atoms with Crippen LogP contribution >= 0.6 is 27.5 Å². The third kappa shape index (κ3) is 3.25. The highest BCUT2D eigenvalue weighted by Crippen LogP contribution is 2.46. The third-order valence-electron chi connectivity index (χ3n) is 4.82. The van der Waals surface area contributed by atoms with E-state index in [2.05, 4.69) is 20.9 Å². The molecule has 0 aliphatic carbocycles. The number of hydrogen-bond acceptors (Lipinski definition) is 2. The first-order valence-corrected chi connectivity index (χ1v) is 9.53. The molecule has 0 amide bonds. The number of aryl methyl sites for hydroxylation is 1. The van der Waals surface area contributed by atoms with Gasteiger partial charge in [0.2, 0.25) is 0 Å². The lowest BCUT2D eigenvalue weighted by Crippen LogP contribution is -2.37. The van der Waals surface area contributed by atoms with Crippen molar-refractivity contribution in [2.24, 2.45) is 0 Å². The van der Waals surface area contributed by atoms with Gasteiger partial charge >= 0.3 is 5.97 Å². The Labute approximate surface area is 160 Å². The molecular weight excluding hydrogens is 406 g/mol.